The summed E-state index contributed by atoms with van der Waals surface area (Å²) in [4.78, 5) is 23.5. The standard InChI is InChI=1S/C19H18N2O4/c1-12-6-8-13(9-7-12)15(11-19(23)24)20-18(22)10-16-14-4-2-3-5-17(14)25-21-16/h2-9,15H,10-11H2,1H3,(H,20,22)(H,23,24). The number of aryl methyl sites for hydroxylation is 1. The van der Waals surface area contributed by atoms with Crippen LogP contribution in [0.4, 0.5) is 0 Å². The Bertz CT molecular complexity index is 899. The predicted molar refractivity (Wildman–Crippen MR) is 92.0 cm³/mol. The third-order valence-corrected chi connectivity index (χ3v) is 3.97. The van der Waals surface area contributed by atoms with Crippen LogP contribution in [0.1, 0.15) is 29.3 Å². The first-order valence-corrected chi connectivity index (χ1v) is 7.94. The number of aliphatic carboxylic acids is 1. The summed E-state index contributed by atoms with van der Waals surface area (Å²) in [7, 11) is 0. The Balaban J connectivity index is 1.75. The zero-order valence-electron chi connectivity index (χ0n) is 13.7. The Morgan fingerprint density at radius 2 is 1.88 bits per heavy atom. The van der Waals surface area contributed by atoms with E-state index in [0.29, 0.717) is 11.3 Å². The van der Waals surface area contributed by atoms with Gasteiger partial charge >= 0.3 is 5.97 Å². The first-order valence-electron chi connectivity index (χ1n) is 7.94. The van der Waals surface area contributed by atoms with Crippen LogP contribution >= 0.6 is 0 Å². The number of para-hydroxylation sites is 1. The van der Waals surface area contributed by atoms with E-state index in [1.807, 2.05) is 49.4 Å². The summed E-state index contributed by atoms with van der Waals surface area (Å²) in [5, 5.41) is 16.6. The number of nitrogens with one attached hydrogen (secondary N) is 1. The Kier molecular flexibility index (Phi) is 4.79. The van der Waals surface area contributed by atoms with Gasteiger partial charge in [0.05, 0.1) is 18.9 Å². The Morgan fingerprint density at radius 3 is 2.60 bits per heavy atom. The van der Waals surface area contributed by atoms with Gasteiger partial charge in [0.25, 0.3) is 0 Å². The summed E-state index contributed by atoms with van der Waals surface area (Å²) in [6, 6.07) is 14.1. The lowest BCUT2D eigenvalue weighted by molar-refractivity contribution is -0.137. The third kappa shape index (κ3) is 4.03. The van der Waals surface area contributed by atoms with Crippen molar-refractivity contribution < 1.29 is 19.2 Å². The van der Waals surface area contributed by atoms with Gasteiger partial charge in [-0.1, -0.05) is 47.1 Å². The van der Waals surface area contributed by atoms with Crippen molar-refractivity contribution in [3.8, 4) is 0 Å². The summed E-state index contributed by atoms with van der Waals surface area (Å²) in [6.45, 7) is 1.95. The van der Waals surface area contributed by atoms with E-state index in [0.717, 1.165) is 16.5 Å². The molecule has 0 aliphatic heterocycles. The fraction of sp³-hybridized carbons (Fsp3) is 0.211. The molecular weight excluding hydrogens is 320 g/mol. The highest BCUT2D eigenvalue weighted by molar-refractivity contribution is 5.86. The molecule has 1 aromatic heterocycles. The van der Waals surface area contributed by atoms with E-state index in [2.05, 4.69) is 10.5 Å². The van der Waals surface area contributed by atoms with Crippen molar-refractivity contribution in [3.63, 3.8) is 0 Å². The molecule has 0 fully saturated rings. The minimum absolute atomic E-state index is 0.0268. The quantitative estimate of drug-likeness (QED) is 0.721. The maximum Gasteiger partial charge on any atom is 0.305 e. The summed E-state index contributed by atoms with van der Waals surface area (Å²) in [5.74, 6) is -1.27. The number of hydrogen-bond donors (Lipinski definition) is 2. The largest absolute Gasteiger partial charge is 0.481 e. The molecule has 1 heterocycles. The van der Waals surface area contributed by atoms with Gasteiger partial charge in [-0.2, -0.15) is 0 Å². The molecule has 25 heavy (non-hydrogen) atoms. The van der Waals surface area contributed by atoms with Crippen molar-refractivity contribution in [1.82, 2.24) is 10.5 Å². The summed E-state index contributed by atoms with van der Waals surface area (Å²) >= 11 is 0. The average molecular weight is 338 g/mol. The highest BCUT2D eigenvalue weighted by atomic mass is 16.5. The highest BCUT2D eigenvalue weighted by Gasteiger charge is 2.20. The van der Waals surface area contributed by atoms with E-state index < -0.39 is 12.0 Å². The monoisotopic (exact) mass is 338 g/mol. The van der Waals surface area contributed by atoms with E-state index >= 15 is 0 Å². The molecule has 0 saturated heterocycles. The van der Waals surface area contributed by atoms with E-state index in [1.165, 1.54) is 0 Å². The molecule has 6 nitrogen and oxygen atoms in total. The molecule has 0 spiro atoms. The van der Waals surface area contributed by atoms with Crippen LogP contribution in [-0.2, 0) is 16.0 Å². The lowest BCUT2D eigenvalue weighted by Gasteiger charge is -2.17. The van der Waals surface area contributed by atoms with Gasteiger partial charge in [0.15, 0.2) is 5.58 Å². The molecular formula is C19H18N2O4. The van der Waals surface area contributed by atoms with Gasteiger partial charge in [-0.05, 0) is 24.6 Å². The van der Waals surface area contributed by atoms with Crippen molar-refractivity contribution in [1.29, 1.82) is 0 Å². The zero-order chi connectivity index (χ0) is 17.8. The number of aromatic nitrogens is 1. The molecule has 0 radical (unpaired) electrons. The van der Waals surface area contributed by atoms with E-state index in [1.54, 1.807) is 6.07 Å². The molecule has 1 atom stereocenters. The second kappa shape index (κ2) is 7.17. The molecule has 0 bridgehead atoms. The zero-order valence-corrected chi connectivity index (χ0v) is 13.7. The maximum atomic E-state index is 12.4. The molecule has 0 aliphatic carbocycles. The minimum atomic E-state index is -0.974. The summed E-state index contributed by atoms with van der Waals surface area (Å²) in [5.41, 5.74) is 2.97. The van der Waals surface area contributed by atoms with Crippen LogP contribution in [0, 0.1) is 6.92 Å². The molecule has 0 saturated carbocycles. The van der Waals surface area contributed by atoms with Gasteiger partial charge in [-0.3, -0.25) is 9.59 Å². The van der Waals surface area contributed by atoms with Gasteiger partial charge in [-0.15, -0.1) is 0 Å². The molecule has 0 aliphatic rings. The van der Waals surface area contributed by atoms with Crippen LogP contribution < -0.4 is 5.32 Å². The molecule has 1 amide bonds. The minimum Gasteiger partial charge on any atom is -0.481 e. The molecule has 128 valence electrons. The lowest BCUT2D eigenvalue weighted by atomic mass is 10.0. The SMILES string of the molecule is Cc1ccc(C(CC(=O)O)NC(=O)Cc2noc3ccccc23)cc1. The molecule has 1 unspecified atom stereocenters. The highest BCUT2D eigenvalue weighted by Crippen LogP contribution is 2.20. The van der Waals surface area contributed by atoms with Crippen molar-refractivity contribution in [3.05, 3.63) is 65.4 Å². The molecule has 3 aromatic rings. The van der Waals surface area contributed by atoms with Crippen LogP contribution in [-0.4, -0.2) is 22.1 Å². The first-order chi connectivity index (χ1) is 12.0. The van der Waals surface area contributed by atoms with E-state index in [-0.39, 0.29) is 18.7 Å². The third-order valence-electron chi connectivity index (χ3n) is 3.97. The molecule has 2 aromatic carbocycles. The van der Waals surface area contributed by atoms with Crippen LogP contribution in [0.25, 0.3) is 11.0 Å². The number of fused-ring (bicyclic) bond motifs is 1. The number of carbonyl (C=O) groups is 2. The van der Waals surface area contributed by atoms with Crippen LogP contribution in [0.2, 0.25) is 0 Å². The van der Waals surface area contributed by atoms with Gasteiger partial charge < -0.3 is 14.9 Å². The van der Waals surface area contributed by atoms with Gasteiger partial charge in [-0.25, -0.2) is 0 Å². The average Bonchev–Trinajstić information content (AvgIpc) is 2.98. The van der Waals surface area contributed by atoms with Crippen molar-refractivity contribution in [2.45, 2.75) is 25.8 Å². The smallest absolute Gasteiger partial charge is 0.305 e. The lowest BCUT2D eigenvalue weighted by Crippen LogP contribution is -2.31. The fourth-order valence-corrected chi connectivity index (χ4v) is 2.69. The Labute approximate surface area is 144 Å². The van der Waals surface area contributed by atoms with Crippen LogP contribution in [0.15, 0.2) is 53.1 Å². The number of benzene rings is 2. The number of rotatable bonds is 6. The van der Waals surface area contributed by atoms with E-state index in [4.69, 9.17) is 9.63 Å². The number of carboxylic acids is 1. The summed E-state index contributed by atoms with van der Waals surface area (Å²) < 4.78 is 5.19. The van der Waals surface area contributed by atoms with Crippen molar-refractivity contribution in [2.75, 3.05) is 0 Å². The molecule has 2 N–H and O–H groups in total. The van der Waals surface area contributed by atoms with Gasteiger partial charge in [0.2, 0.25) is 5.91 Å². The number of nitrogens with zero attached hydrogens (tertiary/aromatic N) is 1. The normalized spacial score (nSPS) is 12.0. The fourth-order valence-electron chi connectivity index (χ4n) is 2.69. The molecule has 3 rings (SSSR count). The first kappa shape index (κ1) is 16.7. The Morgan fingerprint density at radius 1 is 1.16 bits per heavy atom. The van der Waals surface area contributed by atoms with Gasteiger partial charge in [0, 0.05) is 5.39 Å². The second-order valence-corrected chi connectivity index (χ2v) is 5.93. The number of carboxylic acid groups (broad SMARTS) is 1. The Hall–Kier alpha value is -3.15. The molecule has 6 heteroatoms. The van der Waals surface area contributed by atoms with E-state index in [9.17, 15) is 9.59 Å². The van der Waals surface area contributed by atoms with Crippen LogP contribution in [0.3, 0.4) is 0 Å². The number of amides is 1. The maximum absolute atomic E-state index is 12.4. The topological polar surface area (TPSA) is 92.4 Å². The summed E-state index contributed by atoms with van der Waals surface area (Å²) in [6.07, 6.45) is -0.159. The van der Waals surface area contributed by atoms with Crippen molar-refractivity contribution in [2.24, 2.45) is 0 Å². The van der Waals surface area contributed by atoms with Gasteiger partial charge in [0.1, 0.15) is 5.69 Å². The number of hydrogen-bond acceptors (Lipinski definition) is 4. The second-order valence-electron chi connectivity index (χ2n) is 5.93. The number of carbonyl (C=O) groups excluding carboxylic acids is 1. The predicted octanol–water partition coefficient (Wildman–Crippen LogP) is 3.01. The van der Waals surface area contributed by atoms with Crippen LogP contribution in [0.5, 0.6) is 0 Å². The van der Waals surface area contributed by atoms with Crippen molar-refractivity contribution >= 4 is 22.8 Å².